The van der Waals surface area contributed by atoms with Crippen LogP contribution >= 0.6 is 7.82 Å². The summed E-state index contributed by atoms with van der Waals surface area (Å²) in [6.45, 7) is 2.25. The lowest BCUT2D eigenvalue weighted by Gasteiger charge is -2.20. The second-order valence-electron chi connectivity index (χ2n) is 14.7. The lowest BCUT2D eigenvalue weighted by atomic mass is 10.1. The number of carbonyl (C=O) groups excluding carboxylic acids is 2. The number of phosphoric acid groups is 1. The van der Waals surface area contributed by atoms with Crippen LogP contribution in [-0.2, 0) is 37.4 Å². The normalized spacial score (nSPS) is 17.9. The fourth-order valence-corrected chi connectivity index (χ4v) is 6.63. The van der Waals surface area contributed by atoms with Crippen molar-refractivity contribution in [2.45, 2.75) is 192 Å². The van der Waals surface area contributed by atoms with Crippen molar-refractivity contribution in [2.24, 2.45) is 0 Å². The molecule has 5 atom stereocenters. The van der Waals surface area contributed by atoms with Crippen molar-refractivity contribution >= 4 is 19.8 Å². The van der Waals surface area contributed by atoms with E-state index < -0.39 is 51.8 Å². The van der Waals surface area contributed by atoms with Crippen LogP contribution in [-0.4, -0.2) is 77.9 Å². The van der Waals surface area contributed by atoms with Gasteiger partial charge in [-0.2, -0.15) is 0 Å². The van der Waals surface area contributed by atoms with Gasteiger partial charge in [-0.15, -0.1) is 0 Å². The number of ether oxygens (including phenoxy) is 3. The Morgan fingerprint density at radius 1 is 0.625 bits per heavy atom. The number of aliphatic hydroxyl groups excluding tert-OH is 2. The van der Waals surface area contributed by atoms with Crippen LogP contribution in [0, 0.1) is 0 Å². The highest BCUT2D eigenvalue weighted by Crippen LogP contribution is 2.43. The highest BCUT2D eigenvalue weighted by molar-refractivity contribution is 7.47. The smallest absolute Gasteiger partial charge is 0.462 e. The lowest BCUT2D eigenvalue weighted by Crippen LogP contribution is -2.29. The van der Waals surface area contributed by atoms with E-state index in [1.807, 2.05) is 12.2 Å². The Labute approximate surface area is 338 Å². The molecule has 0 aliphatic carbocycles. The maximum atomic E-state index is 12.6. The van der Waals surface area contributed by atoms with E-state index in [-0.39, 0.29) is 19.4 Å². The molecule has 0 aromatic rings. The molecule has 0 aromatic carbocycles. The van der Waals surface area contributed by atoms with Crippen molar-refractivity contribution in [2.75, 3.05) is 26.4 Å². The number of esters is 2. The molecule has 0 aromatic heterocycles. The minimum absolute atomic E-state index is 0.100. The first-order valence-corrected chi connectivity index (χ1v) is 23.2. The molecule has 5 unspecified atom stereocenters. The van der Waals surface area contributed by atoms with Crippen LogP contribution in [0.25, 0.3) is 0 Å². The van der Waals surface area contributed by atoms with E-state index >= 15 is 0 Å². The van der Waals surface area contributed by atoms with Crippen molar-refractivity contribution < 1.29 is 52.5 Å². The number of phosphoric ester groups is 1. The van der Waals surface area contributed by atoms with E-state index in [2.05, 4.69) is 54.8 Å². The van der Waals surface area contributed by atoms with Gasteiger partial charge in [-0.3, -0.25) is 18.6 Å². The molecular formula is C44H77O11P. The average Bonchev–Trinajstić information content (AvgIpc) is 3.94. The maximum absolute atomic E-state index is 12.6. The van der Waals surface area contributed by atoms with Crippen molar-refractivity contribution in [3.8, 4) is 0 Å². The molecule has 1 rings (SSSR count). The summed E-state index contributed by atoms with van der Waals surface area (Å²) in [5.41, 5.74) is 0. The molecule has 3 N–H and O–H groups in total. The third kappa shape index (κ3) is 32.9. The molecule has 1 saturated heterocycles. The molecule has 0 radical (unpaired) electrons. The summed E-state index contributed by atoms with van der Waals surface area (Å²) in [5.74, 6) is -1.01. The molecule has 0 bridgehead atoms. The second kappa shape index (κ2) is 36.0. The Bertz CT molecular complexity index is 1140. The molecule has 0 saturated carbocycles. The molecule has 1 aliphatic heterocycles. The molecule has 56 heavy (non-hydrogen) atoms. The van der Waals surface area contributed by atoms with Gasteiger partial charge in [0.25, 0.3) is 0 Å². The van der Waals surface area contributed by atoms with E-state index in [0.29, 0.717) is 31.5 Å². The number of hydrogen-bond donors (Lipinski definition) is 3. The van der Waals surface area contributed by atoms with E-state index in [0.717, 1.165) is 64.2 Å². The largest absolute Gasteiger partial charge is 0.472 e. The quantitative estimate of drug-likeness (QED) is 0.0178. The van der Waals surface area contributed by atoms with Gasteiger partial charge < -0.3 is 29.3 Å². The van der Waals surface area contributed by atoms with Gasteiger partial charge in [-0.1, -0.05) is 127 Å². The number of hydrogen-bond acceptors (Lipinski definition) is 10. The Balaban J connectivity index is 2.30. The zero-order valence-electron chi connectivity index (χ0n) is 34.8. The molecule has 1 fully saturated rings. The van der Waals surface area contributed by atoms with E-state index in [1.54, 1.807) is 0 Å². The summed E-state index contributed by atoms with van der Waals surface area (Å²) in [4.78, 5) is 35.0. The highest BCUT2D eigenvalue weighted by Gasteiger charge is 2.36. The van der Waals surface area contributed by atoms with Gasteiger partial charge in [-0.25, -0.2) is 4.57 Å². The minimum Gasteiger partial charge on any atom is -0.462 e. The van der Waals surface area contributed by atoms with Crippen molar-refractivity contribution in [3.05, 3.63) is 48.6 Å². The first kappa shape index (κ1) is 51.9. The third-order valence-electron chi connectivity index (χ3n) is 9.36. The summed E-state index contributed by atoms with van der Waals surface area (Å²) >= 11 is 0. The molecular weight excluding hydrogens is 735 g/mol. The summed E-state index contributed by atoms with van der Waals surface area (Å²) in [6, 6.07) is 0. The van der Waals surface area contributed by atoms with Crippen molar-refractivity contribution in [3.63, 3.8) is 0 Å². The lowest BCUT2D eigenvalue weighted by molar-refractivity contribution is -0.161. The molecule has 1 heterocycles. The predicted molar refractivity (Wildman–Crippen MR) is 223 cm³/mol. The number of carbonyl (C=O) groups is 2. The third-order valence-corrected chi connectivity index (χ3v) is 10.3. The van der Waals surface area contributed by atoms with Gasteiger partial charge in [0.1, 0.15) is 12.7 Å². The first-order valence-electron chi connectivity index (χ1n) is 21.7. The summed E-state index contributed by atoms with van der Waals surface area (Å²) in [6.07, 6.45) is 39.7. The average molecular weight is 813 g/mol. The van der Waals surface area contributed by atoms with Crippen molar-refractivity contribution in [1.82, 2.24) is 0 Å². The summed E-state index contributed by atoms with van der Waals surface area (Å²) in [7, 11) is -4.64. The van der Waals surface area contributed by atoms with E-state index in [1.165, 1.54) is 57.8 Å². The van der Waals surface area contributed by atoms with Gasteiger partial charge in [0.2, 0.25) is 0 Å². The first-order chi connectivity index (χ1) is 27.2. The molecule has 324 valence electrons. The van der Waals surface area contributed by atoms with Gasteiger partial charge in [-0.05, 0) is 77.0 Å². The zero-order valence-corrected chi connectivity index (χ0v) is 35.7. The standard InChI is InChI=1S/C44H77O11P/c1-3-5-7-9-11-12-13-14-15-16-17-18-21-25-29-33-43(47)51-37-40(38-53-56(49,50)52-36-39(46)35-45)54-44(48)34-30-26-22-19-20-24-28-32-42-41(55-42)31-27-23-10-8-6-4-2/h14-15,19,22-24,27-28,39-42,45-46H,3-13,16-18,20-21,25-26,29-38H2,1-2H3,(H,49,50)/b15-14-,22-19-,27-23+,28-24-. The second-order valence-corrected chi connectivity index (χ2v) is 16.2. The van der Waals surface area contributed by atoms with Gasteiger partial charge >= 0.3 is 19.8 Å². The maximum Gasteiger partial charge on any atom is 0.472 e. The fourth-order valence-electron chi connectivity index (χ4n) is 5.84. The predicted octanol–water partition coefficient (Wildman–Crippen LogP) is 10.3. The number of unbranched alkanes of at least 4 members (excludes halogenated alkanes) is 15. The van der Waals surface area contributed by atoms with Gasteiger partial charge in [0, 0.05) is 12.8 Å². The van der Waals surface area contributed by atoms with Crippen LogP contribution in [0.3, 0.4) is 0 Å². The number of epoxide rings is 1. The van der Waals surface area contributed by atoms with Gasteiger partial charge in [0.15, 0.2) is 6.10 Å². The van der Waals surface area contributed by atoms with Crippen LogP contribution in [0.5, 0.6) is 0 Å². The molecule has 1 aliphatic rings. The SMILES string of the molecule is CCCCC/C=C/CC1OC1C/C=C\C/C=C\CCCC(=O)OC(COC(=O)CCCCCCC/C=C\CCCCCCCC)COP(=O)(O)OCC(O)CO. The fraction of sp³-hybridized carbons (Fsp3) is 0.773. The van der Waals surface area contributed by atoms with Crippen molar-refractivity contribution in [1.29, 1.82) is 0 Å². The van der Waals surface area contributed by atoms with Crippen LogP contribution in [0.1, 0.15) is 168 Å². The number of allylic oxidation sites excluding steroid dienone is 6. The Morgan fingerprint density at radius 3 is 1.77 bits per heavy atom. The molecule has 0 spiro atoms. The monoisotopic (exact) mass is 813 g/mol. The summed E-state index contributed by atoms with van der Waals surface area (Å²) < 4.78 is 38.4. The Kier molecular flexibility index (Phi) is 33.4. The van der Waals surface area contributed by atoms with Gasteiger partial charge in [0.05, 0.1) is 32.0 Å². The summed E-state index contributed by atoms with van der Waals surface area (Å²) in [5, 5.41) is 18.3. The van der Waals surface area contributed by atoms with Crippen LogP contribution in [0.15, 0.2) is 48.6 Å². The Morgan fingerprint density at radius 2 is 1.11 bits per heavy atom. The topological polar surface area (TPSA) is 161 Å². The van der Waals surface area contributed by atoms with E-state index in [4.69, 9.17) is 23.8 Å². The highest BCUT2D eigenvalue weighted by atomic mass is 31.2. The molecule has 12 heteroatoms. The number of rotatable bonds is 39. The Hall–Kier alpha value is -2.11. The number of aliphatic hydroxyl groups is 2. The molecule has 0 amide bonds. The van der Waals surface area contributed by atoms with E-state index in [9.17, 15) is 24.2 Å². The van der Waals surface area contributed by atoms with Crippen LogP contribution in [0.2, 0.25) is 0 Å². The van der Waals surface area contributed by atoms with Crippen LogP contribution in [0.4, 0.5) is 0 Å². The zero-order chi connectivity index (χ0) is 41.0. The minimum atomic E-state index is -4.64. The molecule has 11 nitrogen and oxygen atoms in total. The van der Waals surface area contributed by atoms with Crippen LogP contribution < -0.4 is 0 Å².